The molecule has 2 heterocycles. The molecule has 98 valence electrons. The van der Waals surface area contributed by atoms with Crippen molar-refractivity contribution in [3.8, 4) is 0 Å². The van der Waals surface area contributed by atoms with Gasteiger partial charge in [-0.1, -0.05) is 0 Å². The van der Waals surface area contributed by atoms with Gasteiger partial charge in [0, 0.05) is 25.6 Å². The van der Waals surface area contributed by atoms with Gasteiger partial charge in [-0.15, -0.1) is 0 Å². The zero-order chi connectivity index (χ0) is 13.8. The summed E-state index contributed by atoms with van der Waals surface area (Å²) in [6.45, 7) is 0.251. The summed E-state index contributed by atoms with van der Waals surface area (Å²) in [7, 11) is 1.56. The number of aromatic carboxylic acids is 1. The smallest absolute Gasteiger partial charge is 0.338 e. The highest BCUT2D eigenvalue weighted by atomic mass is 16.4. The lowest BCUT2D eigenvalue weighted by molar-refractivity contribution is 0.0677. The molecule has 0 aliphatic carbocycles. The SMILES string of the molecule is CN(Cc1ncc[nH]1)C(=O)c1ncccc1C(=O)O. The summed E-state index contributed by atoms with van der Waals surface area (Å²) in [5.41, 5.74) is -0.192. The summed E-state index contributed by atoms with van der Waals surface area (Å²) in [6, 6.07) is 2.83. The van der Waals surface area contributed by atoms with Crippen LogP contribution >= 0.6 is 0 Å². The first-order valence-electron chi connectivity index (χ1n) is 5.51. The number of carboxylic acids is 1. The Balaban J connectivity index is 2.22. The van der Waals surface area contributed by atoms with Crippen LogP contribution in [0.25, 0.3) is 0 Å². The summed E-state index contributed by atoms with van der Waals surface area (Å²) >= 11 is 0. The van der Waals surface area contributed by atoms with Crippen molar-refractivity contribution in [2.45, 2.75) is 6.54 Å². The number of carboxylic acid groups (broad SMARTS) is 1. The molecule has 0 bridgehead atoms. The second-order valence-corrected chi connectivity index (χ2v) is 3.90. The highest BCUT2D eigenvalue weighted by molar-refractivity contribution is 6.03. The Labute approximate surface area is 108 Å². The largest absolute Gasteiger partial charge is 0.478 e. The summed E-state index contributed by atoms with van der Waals surface area (Å²) < 4.78 is 0. The van der Waals surface area contributed by atoms with Crippen molar-refractivity contribution < 1.29 is 14.7 Å². The Bertz CT molecular complexity index is 595. The number of carbonyl (C=O) groups is 2. The van der Waals surface area contributed by atoms with E-state index in [1.807, 2.05) is 0 Å². The molecule has 2 rings (SSSR count). The van der Waals surface area contributed by atoms with Crippen LogP contribution < -0.4 is 0 Å². The van der Waals surface area contributed by atoms with E-state index in [4.69, 9.17) is 5.11 Å². The molecule has 1 amide bonds. The molecule has 0 aromatic carbocycles. The van der Waals surface area contributed by atoms with E-state index < -0.39 is 11.9 Å². The summed E-state index contributed by atoms with van der Waals surface area (Å²) in [5.74, 6) is -1.03. The van der Waals surface area contributed by atoms with Crippen molar-refractivity contribution >= 4 is 11.9 Å². The number of nitrogens with zero attached hydrogens (tertiary/aromatic N) is 3. The second-order valence-electron chi connectivity index (χ2n) is 3.90. The number of imidazole rings is 1. The number of aromatic amines is 1. The van der Waals surface area contributed by atoms with Crippen LogP contribution in [-0.4, -0.2) is 43.9 Å². The molecule has 19 heavy (non-hydrogen) atoms. The highest BCUT2D eigenvalue weighted by Crippen LogP contribution is 2.09. The summed E-state index contributed by atoms with van der Waals surface area (Å²) in [6.07, 6.45) is 4.62. The summed E-state index contributed by atoms with van der Waals surface area (Å²) in [5, 5.41) is 9.02. The minimum absolute atomic E-state index is 0.0796. The maximum absolute atomic E-state index is 12.2. The average Bonchev–Trinajstić information content (AvgIpc) is 2.90. The van der Waals surface area contributed by atoms with Gasteiger partial charge in [0.15, 0.2) is 0 Å². The predicted molar refractivity (Wildman–Crippen MR) is 65.6 cm³/mol. The molecule has 0 spiro atoms. The van der Waals surface area contributed by atoms with Crippen LogP contribution in [0.15, 0.2) is 30.7 Å². The standard InChI is InChI=1S/C12H12N4O3/c1-16(7-9-13-5-6-14-9)11(17)10-8(12(18)19)3-2-4-15-10/h2-6H,7H2,1H3,(H,13,14)(H,18,19). The number of aromatic nitrogens is 3. The molecule has 0 saturated heterocycles. The zero-order valence-electron chi connectivity index (χ0n) is 10.2. The minimum Gasteiger partial charge on any atom is -0.478 e. The minimum atomic E-state index is -1.18. The lowest BCUT2D eigenvalue weighted by Crippen LogP contribution is -2.29. The van der Waals surface area contributed by atoms with E-state index in [0.717, 1.165) is 0 Å². The van der Waals surface area contributed by atoms with Crippen molar-refractivity contribution in [2.75, 3.05) is 7.05 Å². The van der Waals surface area contributed by atoms with E-state index in [1.165, 1.54) is 23.2 Å². The predicted octanol–water partition coefficient (Wildman–Crippen LogP) is 0.775. The van der Waals surface area contributed by atoms with E-state index in [1.54, 1.807) is 19.4 Å². The Kier molecular flexibility index (Phi) is 3.56. The van der Waals surface area contributed by atoms with E-state index >= 15 is 0 Å². The van der Waals surface area contributed by atoms with Crippen molar-refractivity contribution in [3.05, 3.63) is 47.8 Å². The fraction of sp³-hybridized carbons (Fsp3) is 0.167. The molecule has 0 aliphatic rings. The Morgan fingerprint density at radius 1 is 1.37 bits per heavy atom. The van der Waals surface area contributed by atoms with Gasteiger partial charge in [0.25, 0.3) is 5.91 Å². The van der Waals surface area contributed by atoms with E-state index in [0.29, 0.717) is 5.82 Å². The Morgan fingerprint density at radius 2 is 2.16 bits per heavy atom. The monoisotopic (exact) mass is 260 g/mol. The third-order valence-corrected chi connectivity index (χ3v) is 2.53. The molecule has 2 N–H and O–H groups in total. The van der Waals surface area contributed by atoms with Gasteiger partial charge >= 0.3 is 5.97 Å². The van der Waals surface area contributed by atoms with Crippen LogP contribution in [0.2, 0.25) is 0 Å². The number of H-pyrrole nitrogens is 1. The molecule has 7 nitrogen and oxygen atoms in total. The number of hydrogen-bond acceptors (Lipinski definition) is 4. The molecule has 0 atom stereocenters. The lowest BCUT2D eigenvalue weighted by Gasteiger charge is -2.16. The lowest BCUT2D eigenvalue weighted by atomic mass is 10.2. The number of carbonyl (C=O) groups excluding carboxylic acids is 1. The molecule has 0 saturated carbocycles. The molecule has 0 unspecified atom stereocenters. The van der Waals surface area contributed by atoms with Crippen LogP contribution in [0.3, 0.4) is 0 Å². The number of rotatable bonds is 4. The van der Waals surface area contributed by atoms with Gasteiger partial charge in [0.05, 0.1) is 12.1 Å². The van der Waals surface area contributed by atoms with Gasteiger partial charge in [-0.3, -0.25) is 9.78 Å². The van der Waals surface area contributed by atoms with Crippen LogP contribution in [-0.2, 0) is 6.54 Å². The normalized spacial score (nSPS) is 10.2. The molecule has 0 radical (unpaired) electrons. The summed E-state index contributed by atoms with van der Waals surface area (Å²) in [4.78, 5) is 35.3. The first-order chi connectivity index (χ1) is 9.09. The fourth-order valence-electron chi connectivity index (χ4n) is 1.61. The van der Waals surface area contributed by atoms with E-state index in [9.17, 15) is 9.59 Å². The number of hydrogen-bond donors (Lipinski definition) is 2. The van der Waals surface area contributed by atoms with Crippen molar-refractivity contribution in [2.24, 2.45) is 0 Å². The number of nitrogens with one attached hydrogen (secondary N) is 1. The Hall–Kier alpha value is -2.70. The highest BCUT2D eigenvalue weighted by Gasteiger charge is 2.21. The van der Waals surface area contributed by atoms with Crippen molar-refractivity contribution in [1.82, 2.24) is 19.9 Å². The maximum Gasteiger partial charge on any atom is 0.338 e. The molecular formula is C12H12N4O3. The second kappa shape index (κ2) is 5.30. The molecular weight excluding hydrogens is 248 g/mol. The first-order valence-corrected chi connectivity index (χ1v) is 5.51. The van der Waals surface area contributed by atoms with Crippen LogP contribution in [0, 0.1) is 0 Å². The zero-order valence-corrected chi connectivity index (χ0v) is 10.2. The third kappa shape index (κ3) is 2.76. The Morgan fingerprint density at radius 3 is 2.79 bits per heavy atom. The molecule has 0 aliphatic heterocycles. The fourth-order valence-corrected chi connectivity index (χ4v) is 1.61. The van der Waals surface area contributed by atoms with Crippen molar-refractivity contribution in [3.63, 3.8) is 0 Å². The quantitative estimate of drug-likeness (QED) is 0.846. The topological polar surface area (TPSA) is 99.2 Å². The average molecular weight is 260 g/mol. The van der Waals surface area contributed by atoms with Crippen molar-refractivity contribution in [1.29, 1.82) is 0 Å². The van der Waals surface area contributed by atoms with Crippen LogP contribution in [0.1, 0.15) is 26.7 Å². The number of amides is 1. The van der Waals surface area contributed by atoms with Crippen LogP contribution in [0.4, 0.5) is 0 Å². The van der Waals surface area contributed by atoms with Gasteiger partial charge in [-0.25, -0.2) is 9.78 Å². The van der Waals surface area contributed by atoms with Gasteiger partial charge in [-0.05, 0) is 12.1 Å². The van der Waals surface area contributed by atoms with E-state index in [2.05, 4.69) is 15.0 Å². The maximum atomic E-state index is 12.2. The van der Waals surface area contributed by atoms with Gasteiger partial charge in [0.1, 0.15) is 11.5 Å². The third-order valence-electron chi connectivity index (χ3n) is 2.53. The van der Waals surface area contributed by atoms with E-state index in [-0.39, 0.29) is 17.8 Å². The molecule has 2 aromatic rings. The molecule has 0 fully saturated rings. The van der Waals surface area contributed by atoms with Gasteiger partial charge < -0.3 is 15.0 Å². The number of pyridine rings is 1. The van der Waals surface area contributed by atoms with Crippen LogP contribution in [0.5, 0.6) is 0 Å². The van der Waals surface area contributed by atoms with Gasteiger partial charge in [-0.2, -0.15) is 0 Å². The molecule has 7 heteroatoms. The van der Waals surface area contributed by atoms with Gasteiger partial charge in [0.2, 0.25) is 0 Å². The first kappa shape index (κ1) is 12.7. The molecule has 2 aromatic heterocycles.